The highest BCUT2D eigenvalue weighted by atomic mass is 127. The molecule has 0 aromatic heterocycles. The van der Waals surface area contributed by atoms with Crippen LogP contribution in [0.5, 0.6) is 0 Å². The van der Waals surface area contributed by atoms with Crippen LogP contribution in [0, 0.1) is 3.57 Å². The third-order valence-electron chi connectivity index (χ3n) is 1.91. The van der Waals surface area contributed by atoms with Gasteiger partial charge < -0.3 is 4.74 Å². The van der Waals surface area contributed by atoms with E-state index in [1.165, 1.54) is 6.07 Å². The number of hydrogen-bond donors (Lipinski definition) is 0. The molecule has 100 valence electrons. The molecule has 0 radical (unpaired) electrons. The molecule has 0 spiro atoms. The maximum absolute atomic E-state index is 12.5. The molecule has 0 fully saturated rings. The van der Waals surface area contributed by atoms with Crippen LogP contribution < -0.4 is 0 Å². The minimum absolute atomic E-state index is 0.0246. The first-order chi connectivity index (χ1) is 8.00. The molecule has 1 aromatic carbocycles. The van der Waals surface area contributed by atoms with Gasteiger partial charge in [0.2, 0.25) is 0 Å². The van der Waals surface area contributed by atoms with E-state index in [9.17, 15) is 18.0 Å². The Morgan fingerprint density at radius 3 is 2.17 bits per heavy atom. The van der Waals surface area contributed by atoms with Gasteiger partial charge in [0.1, 0.15) is 5.60 Å². The van der Waals surface area contributed by atoms with Gasteiger partial charge in [-0.3, -0.25) is 0 Å². The van der Waals surface area contributed by atoms with Crippen molar-refractivity contribution >= 4 is 28.6 Å². The number of ether oxygens (including phenoxy) is 1. The predicted molar refractivity (Wildman–Crippen MR) is 69.3 cm³/mol. The Kier molecular flexibility index (Phi) is 4.30. The molecular formula is C12H12F3IO2. The second kappa shape index (κ2) is 5.07. The highest BCUT2D eigenvalue weighted by Gasteiger charge is 2.33. The maximum Gasteiger partial charge on any atom is 0.417 e. The van der Waals surface area contributed by atoms with E-state index in [1.807, 2.05) is 0 Å². The van der Waals surface area contributed by atoms with Crippen LogP contribution >= 0.6 is 22.6 Å². The van der Waals surface area contributed by atoms with Crippen molar-refractivity contribution in [3.8, 4) is 0 Å². The summed E-state index contributed by atoms with van der Waals surface area (Å²) in [5.74, 6) is -0.630. The average Bonchev–Trinajstić information content (AvgIpc) is 2.12. The lowest BCUT2D eigenvalue weighted by Gasteiger charge is -2.19. The summed E-state index contributed by atoms with van der Waals surface area (Å²) < 4.78 is 42.7. The van der Waals surface area contributed by atoms with E-state index < -0.39 is 23.3 Å². The van der Waals surface area contributed by atoms with Crippen LogP contribution in [0.4, 0.5) is 13.2 Å². The fraction of sp³-hybridized carbons (Fsp3) is 0.417. The van der Waals surface area contributed by atoms with Crippen LogP contribution in [0.2, 0.25) is 0 Å². The van der Waals surface area contributed by atoms with Crippen molar-refractivity contribution < 1.29 is 22.7 Å². The topological polar surface area (TPSA) is 26.3 Å². The summed E-state index contributed by atoms with van der Waals surface area (Å²) in [4.78, 5) is 11.7. The van der Waals surface area contributed by atoms with Crippen molar-refractivity contribution in [2.45, 2.75) is 32.5 Å². The molecule has 0 heterocycles. The lowest BCUT2D eigenvalue weighted by atomic mass is 10.1. The van der Waals surface area contributed by atoms with Crippen molar-refractivity contribution in [1.82, 2.24) is 0 Å². The summed E-state index contributed by atoms with van der Waals surface area (Å²) >= 11 is 1.55. The van der Waals surface area contributed by atoms with Gasteiger partial charge in [0.15, 0.2) is 0 Å². The molecule has 0 saturated carbocycles. The summed E-state index contributed by atoms with van der Waals surface area (Å²) in [5.41, 5.74) is -1.32. The number of benzene rings is 1. The molecule has 0 saturated heterocycles. The highest BCUT2D eigenvalue weighted by Crippen LogP contribution is 2.33. The third kappa shape index (κ3) is 4.15. The summed E-state index contributed by atoms with van der Waals surface area (Å²) in [5, 5.41) is 0. The molecule has 0 unspecified atom stereocenters. The SMILES string of the molecule is CC(C)(C)OC(=O)c1ccc(C(F)(F)F)c(I)c1. The van der Waals surface area contributed by atoms with Gasteiger partial charge >= 0.3 is 12.1 Å². The average molecular weight is 372 g/mol. The maximum atomic E-state index is 12.5. The van der Waals surface area contributed by atoms with E-state index in [2.05, 4.69) is 0 Å². The lowest BCUT2D eigenvalue weighted by Crippen LogP contribution is -2.24. The number of carbonyl (C=O) groups is 1. The predicted octanol–water partition coefficient (Wildman–Crippen LogP) is 4.27. The molecular weight excluding hydrogens is 360 g/mol. The van der Waals surface area contributed by atoms with Gasteiger partial charge in [-0.15, -0.1) is 0 Å². The van der Waals surface area contributed by atoms with Gasteiger partial charge in [-0.2, -0.15) is 13.2 Å². The van der Waals surface area contributed by atoms with Crippen LogP contribution in [-0.2, 0) is 10.9 Å². The Bertz CT molecular complexity index is 461. The second-order valence-electron chi connectivity index (χ2n) is 4.69. The molecule has 0 N–H and O–H groups in total. The molecule has 0 aliphatic carbocycles. The normalized spacial score (nSPS) is 12.4. The smallest absolute Gasteiger partial charge is 0.417 e. The van der Waals surface area contributed by atoms with Crippen molar-refractivity contribution in [3.63, 3.8) is 0 Å². The van der Waals surface area contributed by atoms with Crippen LogP contribution in [0.3, 0.4) is 0 Å². The second-order valence-corrected chi connectivity index (χ2v) is 5.86. The molecule has 18 heavy (non-hydrogen) atoms. The number of hydrogen-bond acceptors (Lipinski definition) is 2. The molecule has 0 atom stereocenters. The molecule has 2 nitrogen and oxygen atoms in total. The van der Waals surface area contributed by atoms with Gasteiger partial charge in [0.25, 0.3) is 0 Å². The molecule has 0 bridgehead atoms. The Morgan fingerprint density at radius 2 is 1.78 bits per heavy atom. The molecule has 6 heteroatoms. The number of halogens is 4. The summed E-state index contributed by atoms with van der Waals surface area (Å²) in [7, 11) is 0. The summed E-state index contributed by atoms with van der Waals surface area (Å²) in [6, 6.07) is 3.19. The Labute approximate surface area is 117 Å². The minimum Gasteiger partial charge on any atom is -0.456 e. The van der Waals surface area contributed by atoms with E-state index in [-0.39, 0.29) is 9.13 Å². The van der Waals surface area contributed by atoms with E-state index in [1.54, 1.807) is 43.4 Å². The summed E-state index contributed by atoms with van der Waals surface area (Å²) in [6.07, 6.45) is -4.41. The van der Waals surface area contributed by atoms with Gasteiger partial charge in [-0.05, 0) is 61.6 Å². The van der Waals surface area contributed by atoms with Crippen molar-refractivity contribution in [3.05, 3.63) is 32.9 Å². The summed E-state index contributed by atoms with van der Waals surface area (Å²) in [6.45, 7) is 5.08. The van der Waals surface area contributed by atoms with E-state index >= 15 is 0 Å². The molecule has 1 aromatic rings. The van der Waals surface area contributed by atoms with Gasteiger partial charge in [-0.25, -0.2) is 4.79 Å². The zero-order valence-corrected chi connectivity index (χ0v) is 12.2. The first kappa shape index (κ1) is 15.3. The van der Waals surface area contributed by atoms with Crippen molar-refractivity contribution in [2.24, 2.45) is 0 Å². The highest BCUT2D eigenvalue weighted by molar-refractivity contribution is 14.1. The van der Waals surface area contributed by atoms with E-state index in [4.69, 9.17) is 4.74 Å². The first-order valence-electron chi connectivity index (χ1n) is 5.11. The zero-order valence-electron chi connectivity index (χ0n) is 10.1. The van der Waals surface area contributed by atoms with E-state index in [0.717, 1.165) is 12.1 Å². The Balaban J connectivity index is 3.02. The zero-order chi connectivity index (χ0) is 14.1. The first-order valence-corrected chi connectivity index (χ1v) is 6.19. The van der Waals surface area contributed by atoms with Crippen LogP contribution in [0.1, 0.15) is 36.7 Å². The minimum atomic E-state index is -4.41. The third-order valence-corrected chi connectivity index (χ3v) is 2.80. The molecule has 0 amide bonds. The quantitative estimate of drug-likeness (QED) is 0.544. The van der Waals surface area contributed by atoms with Crippen molar-refractivity contribution in [2.75, 3.05) is 0 Å². The Morgan fingerprint density at radius 1 is 1.22 bits per heavy atom. The van der Waals surface area contributed by atoms with Crippen molar-refractivity contribution in [1.29, 1.82) is 0 Å². The Hall–Kier alpha value is -0.790. The number of alkyl halides is 3. The number of esters is 1. The fourth-order valence-corrected chi connectivity index (χ4v) is 2.03. The van der Waals surface area contributed by atoms with Gasteiger partial charge in [0, 0.05) is 3.57 Å². The number of rotatable bonds is 1. The van der Waals surface area contributed by atoms with Gasteiger partial charge in [0.05, 0.1) is 11.1 Å². The standard InChI is InChI=1S/C12H12F3IO2/c1-11(2,3)18-10(17)7-4-5-8(9(16)6-7)12(13,14)15/h4-6H,1-3H3. The molecule has 0 aliphatic rings. The van der Waals surface area contributed by atoms with E-state index in [0.29, 0.717) is 0 Å². The van der Waals surface area contributed by atoms with Gasteiger partial charge in [-0.1, -0.05) is 0 Å². The molecule has 0 aliphatic heterocycles. The monoisotopic (exact) mass is 372 g/mol. The lowest BCUT2D eigenvalue weighted by molar-refractivity contribution is -0.138. The van der Waals surface area contributed by atoms with Crippen LogP contribution in [0.15, 0.2) is 18.2 Å². The number of carbonyl (C=O) groups excluding carboxylic acids is 1. The van der Waals surface area contributed by atoms with Crippen LogP contribution in [-0.4, -0.2) is 11.6 Å². The van der Waals surface area contributed by atoms with Crippen LogP contribution in [0.25, 0.3) is 0 Å². The molecule has 1 rings (SSSR count). The fourth-order valence-electron chi connectivity index (χ4n) is 1.21. The largest absolute Gasteiger partial charge is 0.456 e.